The highest BCUT2D eigenvalue weighted by Crippen LogP contribution is 2.13. The molecule has 0 amide bonds. The Morgan fingerprint density at radius 3 is 0.716 bits per heavy atom. The molecule has 0 fully saturated rings. The Bertz CT molecular complexity index is 1950. The molecule has 81 heavy (non-hydrogen) atoms. The molecule has 0 saturated heterocycles. The summed E-state index contributed by atoms with van der Waals surface area (Å²) in [6.45, 7) is 6.21. The molecule has 0 saturated carbocycles. The molecular weight excluding hydrogens is 997 g/mol. The summed E-state index contributed by atoms with van der Waals surface area (Å²) in [5.41, 5.74) is 0. The minimum atomic E-state index is -0.830. The highest BCUT2D eigenvalue weighted by Gasteiger charge is 2.19. The number of unbranched alkanes of at least 4 members (excludes halogenated alkanes) is 12. The molecular formula is C75H114O6. The number of hydrogen-bond acceptors (Lipinski definition) is 6. The maximum atomic E-state index is 12.9. The zero-order chi connectivity index (χ0) is 58.5. The highest BCUT2D eigenvalue weighted by atomic mass is 16.6. The summed E-state index contributed by atoms with van der Waals surface area (Å²) in [6, 6.07) is 0. The lowest BCUT2D eigenvalue weighted by atomic mass is 10.1. The van der Waals surface area contributed by atoms with Crippen LogP contribution in [0.25, 0.3) is 0 Å². The highest BCUT2D eigenvalue weighted by molar-refractivity contribution is 5.71. The van der Waals surface area contributed by atoms with Gasteiger partial charge in [0.05, 0.1) is 0 Å². The van der Waals surface area contributed by atoms with Crippen molar-refractivity contribution in [2.24, 2.45) is 0 Å². The first kappa shape index (κ1) is 75.2. The second-order valence-corrected chi connectivity index (χ2v) is 20.2. The van der Waals surface area contributed by atoms with Crippen LogP contribution in [-0.2, 0) is 28.6 Å². The molecule has 0 heterocycles. The average molecular weight is 1110 g/mol. The molecule has 0 aromatic carbocycles. The van der Waals surface area contributed by atoms with Gasteiger partial charge in [-0.05, 0) is 161 Å². The minimum Gasteiger partial charge on any atom is -0.462 e. The zero-order valence-electron chi connectivity index (χ0n) is 51.5. The Balaban J connectivity index is 4.54. The van der Waals surface area contributed by atoms with E-state index in [9.17, 15) is 14.4 Å². The zero-order valence-corrected chi connectivity index (χ0v) is 51.5. The molecule has 0 N–H and O–H groups in total. The molecule has 1 atom stereocenters. The van der Waals surface area contributed by atoms with Crippen LogP contribution in [0, 0.1) is 0 Å². The molecule has 0 aliphatic rings. The quantitative estimate of drug-likeness (QED) is 0.0261. The van der Waals surface area contributed by atoms with Crippen LogP contribution < -0.4 is 0 Å². The van der Waals surface area contributed by atoms with Gasteiger partial charge in [0.1, 0.15) is 13.2 Å². The van der Waals surface area contributed by atoms with Crippen LogP contribution in [0.15, 0.2) is 194 Å². The van der Waals surface area contributed by atoms with E-state index < -0.39 is 6.10 Å². The smallest absolute Gasteiger partial charge is 0.306 e. The van der Waals surface area contributed by atoms with Gasteiger partial charge in [-0.3, -0.25) is 14.4 Å². The van der Waals surface area contributed by atoms with E-state index in [0.29, 0.717) is 12.8 Å². The summed E-state index contributed by atoms with van der Waals surface area (Å²) in [6.07, 6.45) is 101. The molecule has 0 aliphatic heterocycles. The average Bonchev–Trinajstić information content (AvgIpc) is 3.47. The number of hydrogen-bond donors (Lipinski definition) is 0. The fraction of sp³-hybridized carbons (Fsp3) is 0.533. The third-order valence-electron chi connectivity index (χ3n) is 12.6. The van der Waals surface area contributed by atoms with Crippen molar-refractivity contribution >= 4 is 17.9 Å². The van der Waals surface area contributed by atoms with E-state index in [2.05, 4.69) is 215 Å². The number of rotatable bonds is 55. The lowest BCUT2D eigenvalue weighted by molar-refractivity contribution is -0.167. The second kappa shape index (κ2) is 66.8. The Kier molecular flexibility index (Phi) is 62.0. The van der Waals surface area contributed by atoms with Crippen LogP contribution in [0.2, 0.25) is 0 Å². The van der Waals surface area contributed by atoms with Crippen molar-refractivity contribution in [1.82, 2.24) is 0 Å². The van der Waals surface area contributed by atoms with Crippen molar-refractivity contribution in [1.29, 1.82) is 0 Å². The van der Waals surface area contributed by atoms with Crippen LogP contribution in [0.4, 0.5) is 0 Å². The third kappa shape index (κ3) is 64.9. The summed E-state index contributed by atoms with van der Waals surface area (Å²) in [7, 11) is 0. The summed E-state index contributed by atoms with van der Waals surface area (Å²) in [5, 5.41) is 0. The van der Waals surface area contributed by atoms with E-state index in [4.69, 9.17) is 14.2 Å². The summed E-state index contributed by atoms with van der Waals surface area (Å²) < 4.78 is 16.9. The van der Waals surface area contributed by atoms with E-state index in [0.717, 1.165) is 180 Å². The molecule has 1 unspecified atom stereocenters. The molecule has 0 aliphatic carbocycles. The fourth-order valence-electron chi connectivity index (χ4n) is 7.91. The topological polar surface area (TPSA) is 78.9 Å². The van der Waals surface area contributed by atoms with Crippen LogP contribution >= 0.6 is 0 Å². The van der Waals surface area contributed by atoms with Gasteiger partial charge in [-0.15, -0.1) is 0 Å². The lowest BCUT2D eigenvalue weighted by Gasteiger charge is -2.18. The predicted octanol–water partition coefficient (Wildman–Crippen LogP) is 22.2. The number of carbonyl (C=O) groups is 3. The van der Waals surface area contributed by atoms with Crippen LogP contribution in [0.5, 0.6) is 0 Å². The SMILES string of the molecule is CC/C=C\C/C=C\C/C=C\C/C=C\C/C=C\C/C=C\CCCCCCCCC(=O)OCC(COC(=O)CCCC/C=C\C/C=C\C/C=C\C/C=C\CC)OC(=O)CCCCCC/C=C\C/C=C\C/C=C\C/C=C\C/C=C\C/C=C\CC. The van der Waals surface area contributed by atoms with Gasteiger partial charge in [0.25, 0.3) is 0 Å². The Labute approximate surface area is 497 Å². The van der Waals surface area contributed by atoms with E-state index >= 15 is 0 Å². The first-order valence-electron chi connectivity index (χ1n) is 31.9. The van der Waals surface area contributed by atoms with Crippen molar-refractivity contribution < 1.29 is 28.6 Å². The number of allylic oxidation sites excluding steroid dienone is 32. The molecule has 6 nitrogen and oxygen atoms in total. The number of ether oxygens (including phenoxy) is 3. The maximum Gasteiger partial charge on any atom is 0.306 e. The molecule has 0 aromatic heterocycles. The van der Waals surface area contributed by atoms with Gasteiger partial charge < -0.3 is 14.2 Å². The first-order chi connectivity index (χ1) is 40.0. The molecule has 0 spiro atoms. The van der Waals surface area contributed by atoms with E-state index in [1.54, 1.807) is 0 Å². The summed E-state index contributed by atoms with van der Waals surface area (Å²) in [5.74, 6) is -1.01. The largest absolute Gasteiger partial charge is 0.462 e. The molecule has 0 radical (unpaired) electrons. The van der Waals surface area contributed by atoms with Gasteiger partial charge in [0.2, 0.25) is 0 Å². The van der Waals surface area contributed by atoms with Gasteiger partial charge in [-0.25, -0.2) is 0 Å². The summed E-state index contributed by atoms with van der Waals surface area (Å²) in [4.78, 5) is 38.3. The molecule has 0 bridgehead atoms. The van der Waals surface area contributed by atoms with Gasteiger partial charge in [0, 0.05) is 19.3 Å². The van der Waals surface area contributed by atoms with Crippen LogP contribution in [0.1, 0.15) is 239 Å². The van der Waals surface area contributed by atoms with Gasteiger partial charge in [-0.1, -0.05) is 254 Å². The van der Waals surface area contributed by atoms with Crippen LogP contribution in [0.3, 0.4) is 0 Å². The Morgan fingerprint density at radius 2 is 0.444 bits per heavy atom. The molecule has 6 heteroatoms. The second-order valence-electron chi connectivity index (χ2n) is 20.2. The van der Waals surface area contributed by atoms with Crippen molar-refractivity contribution in [2.75, 3.05) is 13.2 Å². The third-order valence-corrected chi connectivity index (χ3v) is 12.6. The summed E-state index contributed by atoms with van der Waals surface area (Å²) >= 11 is 0. The van der Waals surface area contributed by atoms with Crippen molar-refractivity contribution in [3.8, 4) is 0 Å². The first-order valence-corrected chi connectivity index (χ1v) is 31.9. The molecule has 450 valence electrons. The van der Waals surface area contributed by atoms with E-state index in [1.807, 2.05) is 0 Å². The predicted molar refractivity (Wildman–Crippen MR) is 352 cm³/mol. The van der Waals surface area contributed by atoms with E-state index in [1.165, 1.54) is 12.8 Å². The fourth-order valence-corrected chi connectivity index (χ4v) is 7.91. The van der Waals surface area contributed by atoms with Crippen molar-refractivity contribution in [3.05, 3.63) is 194 Å². The van der Waals surface area contributed by atoms with Crippen molar-refractivity contribution in [2.45, 2.75) is 245 Å². The Hall–Kier alpha value is -5.75. The maximum absolute atomic E-state index is 12.9. The standard InChI is InChI=1S/C75H114O6/c1-4-7-10-13-16-19-22-25-28-30-32-34-36-37-39-40-42-44-47-50-53-56-59-62-65-68-74(77)80-71-72(70-79-73(76)67-64-61-58-55-52-49-46-27-24-21-18-15-12-9-6-3)81-75(78)69-66-63-60-57-54-51-48-45-43-41-38-35-33-31-29-26-23-20-17-14-11-8-5-2/h7-12,16-21,25-29,32-35,37,39,41-44,46,48,51-52,55,72H,4-6,13-15,22-24,30-31,36,38,40,45,47,49-50,53-54,56-71H2,1-3H3/b10-7-,11-8-,12-9-,19-16-,20-17-,21-18-,28-25-,29-26-,34-32-,35-33-,39-37-,43-41-,44-42-,46-27-,51-48-,55-52-. The molecule has 0 aromatic rings. The Morgan fingerprint density at radius 1 is 0.247 bits per heavy atom. The van der Waals surface area contributed by atoms with Crippen LogP contribution in [-0.4, -0.2) is 37.2 Å². The normalized spacial score (nSPS) is 13.5. The lowest BCUT2D eigenvalue weighted by Crippen LogP contribution is -2.30. The van der Waals surface area contributed by atoms with Gasteiger partial charge in [-0.2, -0.15) is 0 Å². The van der Waals surface area contributed by atoms with Gasteiger partial charge >= 0.3 is 17.9 Å². The molecule has 0 rings (SSSR count). The number of carbonyl (C=O) groups excluding carboxylic acids is 3. The minimum absolute atomic E-state index is 0.121. The van der Waals surface area contributed by atoms with Gasteiger partial charge in [0.15, 0.2) is 6.10 Å². The van der Waals surface area contributed by atoms with Crippen molar-refractivity contribution in [3.63, 3.8) is 0 Å². The van der Waals surface area contributed by atoms with E-state index in [-0.39, 0.29) is 44.0 Å². The number of esters is 3. The monoisotopic (exact) mass is 1110 g/mol.